The number of halogens is 2. The van der Waals surface area contributed by atoms with Crippen LogP contribution in [0.15, 0.2) is 29.3 Å². The molecule has 1 atom stereocenters. The third-order valence-electron chi connectivity index (χ3n) is 4.44. The van der Waals surface area contributed by atoms with Gasteiger partial charge in [0.25, 0.3) is 0 Å². The summed E-state index contributed by atoms with van der Waals surface area (Å²) in [6.45, 7) is 8.87. The minimum absolute atomic E-state index is 0. The molecule has 2 rings (SSSR count). The van der Waals surface area contributed by atoms with Crippen molar-refractivity contribution in [2.45, 2.75) is 25.5 Å². The van der Waals surface area contributed by atoms with Crippen LogP contribution in [0.3, 0.4) is 0 Å². The van der Waals surface area contributed by atoms with Gasteiger partial charge in [-0.15, -0.1) is 24.0 Å². The van der Waals surface area contributed by atoms with Crippen molar-refractivity contribution in [3.05, 3.63) is 34.9 Å². The maximum absolute atomic E-state index is 6.08. The van der Waals surface area contributed by atoms with Crippen LogP contribution < -0.4 is 10.6 Å². The van der Waals surface area contributed by atoms with Gasteiger partial charge < -0.3 is 20.1 Å². The Bertz CT molecular complexity index is 584. The Kier molecular flexibility index (Phi) is 10.9. The fraction of sp³-hybridized carbons (Fsp3) is 0.632. The number of benzene rings is 1. The molecule has 2 N–H and O–H groups in total. The van der Waals surface area contributed by atoms with E-state index in [0.717, 1.165) is 37.2 Å². The fourth-order valence-corrected chi connectivity index (χ4v) is 3.27. The van der Waals surface area contributed by atoms with Crippen LogP contribution >= 0.6 is 35.6 Å². The van der Waals surface area contributed by atoms with Crippen molar-refractivity contribution in [2.75, 3.05) is 53.6 Å². The zero-order chi connectivity index (χ0) is 19.0. The van der Waals surface area contributed by atoms with Gasteiger partial charge in [0.15, 0.2) is 5.96 Å². The topological polar surface area (TPSA) is 58.1 Å². The van der Waals surface area contributed by atoms with Crippen molar-refractivity contribution in [1.29, 1.82) is 0 Å². The lowest BCUT2D eigenvalue weighted by molar-refractivity contribution is -0.0971. The third kappa shape index (κ3) is 8.11. The predicted molar refractivity (Wildman–Crippen MR) is 122 cm³/mol. The molecule has 8 heteroatoms. The molecule has 1 aromatic rings. The number of nitrogens with zero attached hydrogens (tertiary/aromatic N) is 2. The number of nitrogens with one attached hydrogen (secondary N) is 2. The number of morpholine rings is 1. The van der Waals surface area contributed by atoms with Crippen molar-refractivity contribution in [3.63, 3.8) is 0 Å². The number of methoxy groups -OCH3 is 1. The van der Waals surface area contributed by atoms with Crippen LogP contribution in [-0.2, 0) is 9.47 Å². The highest BCUT2D eigenvalue weighted by atomic mass is 127. The first-order valence-electron chi connectivity index (χ1n) is 9.02. The largest absolute Gasteiger partial charge is 0.383 e. The Labute approximate surface area is 185 Å². The first-order valence-corrected chi connectivity index (χ1v) is 9.40. The number of hydrogen-bond donors (Lipinski definition) is 2. The first kappa shape index (κ1) is 24.4. The van der Waals surface area contributed by atoms with E-state index in [1.54, 1.807) is 14.2 Å². The summed E-state index contributed by atoms with van der Waals surface area (Å²) in [5.74, 6) is 0.772. The summed E-state index contributed by atoms with van der Waals surface area (Å²) in [6.07, 6.45) is 0. The lowest BCUT2D eigenvalue weighted by Gasteiger charge is -2.42. The smallest absolute Gasteiger partial charge is 0.191 e. The third-order valence-corrected chi connectivity index (χ3v) is 4.69. The zero-order valence-corrected chi connectivity index (χ0v) is 19.7. The molecule has 6 nitrogen and oxygen atoms in total. The minimum Gasteiger partial charge on any atom is -0.383 e. The number of aliphatic imine (C=N–C) groups is 1. The number of guanidine groups is 1. The molecule has 1 aliphatic heterocycles. The predicted octanol–water partition coefficient (Wildman–Crippen LogP) is 2.92. The molecule has 0 spiro atoms. The van der Waals surface area contributed by atoms with Gasteiger partial charge in [-0.05, 0) is 31.5 Å². The van der Waals surface area contributed by atoms with E-state index in [-0.39, 0.29) is 35.6 Å². The maximum Gasteiger partial charge on any atom is 0.191 e. The molecule has 0 aliphatic carbocycles. The molecule has 0 saturated carbocycles. The van der Waals surface area contributed by atoms with Crippen LogP contribution in [0.4, 0.5) is 0 Å². The van der Waals surface area contributed by atoms with Gasteiger partial charge in [0.2, 0.25) is 0 Å². The number of ether oxygens (including phenoxy) is 2. The van der Waals surface area contributed by atoms with Gasteiger partial charge in [0, 0.05) is 45.4 Å². The molecule has 1 fully saturated rings. The van der Waals surface area contributed by atoms with Gasteiger partial charge in [0.05, 0.1) is 24.9 Å². The van der Waals surface area contributed by atoms with Crippen molar-refractivity contribution < 1.29 is 9.47 Å². The Hall–Kier alpha value is -0.610. The van der Waals surface area contributed by atoms with Crippen LogP contribution in [0.1, 0.15) is 25.5 Å². The van der Waals surface area contributed by atoms with Crippen LogP contribution in [0.2, 0.25) is 5.02 Å². The average molecular weight is 511 g/mol. The molecule has 1 aliphatic rings. The molecule has 0 radical (unpaired) electrons. The van der Waals surface area contributed by atoms with Gasteiger partial charge in [0.1, 0.15) is 0 Å². The molecule has 0 amide bonds. The minimum atomic E-state index is -0.151. The standard InChI is InChI=1S/C19H31ClN4O2.HI/c1-19(2)14-24(10-12-26-19)17(15-5-7-16(20)8-6-15)13-23-18(21-3)22-9-11-25-4;/h5-8,17H,9-14H2,1-4H3,(H2,21,22,23);1H. The Balaban J connectivity index is 0.00000364. The molecular formula is C19H32ClIN4O2. The van der Waals surface area contributed by atoms with Crippen molar-refractivity contribution in [1.82, 2.24) is 15.5 Å². The van der Waals surface area contributed by atoms with E-state index in [9.17, 15) is 0 Å². The summed E-state index contributed by atoms with van der Waals surface area (Å²) < 4.78 is 11.0. The lowest BCUT2D eigenvalue weighted by atomic mass is 10.0. The number of rotatable bonds is 7. The summed E-state index contributed by atoms with van der Waals surface area (Å²) in [7, 11) is 3.46. The van der Waals surface area contributed by atoms with Crippen LogP contribution in [0, 0.1) is 0 Å². The Morgan fingerprint density at radius 1 is 1.33 bits per heavy atom. The second kappa shape index (κ2) is 12.1. The summed E-state index contributed by atoms with van der Waals surface area (Å²) in [5, 5.41) is 7.44. The van der Waals surface area contributed by atoms with Crippen LogP contribution in [0.5, 0.6) is 0 Å². The zero-order valence-electron chi connectivity index (χ0n) is 16.6. The first-order chi connectivity index (χ1) is 12.4. The second-order valence-electron chi connectivity index (χ2n) is 7.02. The second-order valence-corrected chi connectivity index (χ2v) is 7.46. The van der Waals surface area contributed by atoms with Gasteiger partial charge in [-0.1, -0.05) is 23.7 Å². The highest BCUT2D eigenvalue weighted by Crippen LogP contribution is 2.27. The van der Waals surface area contributed by atoms with E-state index in [2.05, 4.69) is 46.5 Å². The summed E-state index contributed by atoms with van der Waals surface area (Å²) >= 11 is 6.08. The highest BCUT2D eigenvalue weighted by Gasteiger charge is 2.32. The lowest BCUT2D eigenvalue weighted by Crippen LogP contribution is -2.52. The van der Waals surface area contributed by atoms with E-state index >= 15 is 0 Å². The van der Waals surface area contributed by atoms with Gasteiger partial charge >= 0.3 is 0 Å². The van der Waals surface area contributed by atoms with Crippen LogP contribution in [-0.4, -0.2) is 70.0 Å². The highest BCUT2D eigenvalue weighted by molar-refractivity contribution is 14.0. The summed E-state index contributed by atoms with van der Waals surface area (Å²) in [6, 6.07) is 8.29. The van der Waals surface area contributed by atoms with E-state index in [1.807, 2.05) is 12.1 Å². The van der Waals surface area contributed by atoms with Crippen molar-refractivity contribution >= 4 is 41.5 Å². The van der Waals surface area contributed by atoms with Crippen LogP contribution in [0.25, 0.3) is 0 Å². The van der Waals surface area contributed by atoms with Crippen molar-refractivity contribution in [3.8, 4) is 0 Å². The Morgan fingerprint density at radius 2 is 2.04 bits per heavy atom. The summed E-state index contributed by atoms with van der Waals surface area (Å²) in [5.41, 5.74) is 1.08. The maximum atomic E-state index is 6.08. The number of hydrogen-bond acceptors (Lipinski definition) is 4. The molecule has 27 heavy (non-hydrogen) atoms. The molecule has 1 heterocycles. The molecule has 1 aromatic carbocycles. The van der Waals surface area contributed by atoms with Gasteiger partial charge in [-0.25, -0.2) is 0 Å². The molecule has 0 bridgehead atoms. The normalized spacial score (nSPS) is 18.5. The van der Waals surface area contributed by atoms with E-state index in [0.29, 0.717) is 13.2 Å². The molecule has 154 valence electrons. The van der Waals surface area contributed by atoms with Crippen molar-refractivity contribution in [2.24, 2.45) is 4.99 Å². The quantitative estimate of drug-likeness (QED) is 0.256. The molecule has 1 unspecified atom stereocenters. The Morgan fingerprint density at radius 3 is 2.63 bits per heavy atom. The average Bonchev–Trinajstić information content (AvgIpc) is 2.61. The molecule has 0 aromatic heterocycles. The fourth-order valence-electron chi connectivity index (χ4n) is 3.15. The SMILES string of the molecule is CN=C(NCCOC)NCC(c1ccc(Cl)cc1)N1CCOC(C)(C)C1.I. The van der Waals surface area contributed by atoms with E-state index in [1.165, 1.54) is 5.56 Å². The molecule has 1 saturated heterocycles. The monoisotopic (exact) mass is 510 g/mol. The van der Waals surface area contributed by atoms with E-state index < -0.39 is 0 Å². The van der Waals surface area contributed by atoms with E-state index in [4.69, 9.17) is 21.1 Å². The van der Waals surface area contributed by atoms with Gasteiger partial charge in [-0.2, -0.15) is 0 Å². The summed E-state index contributed by atoms with van der Waals surface area (Å²) in [4.78, 5) is 6.75. The molecular weight excluding hydrogens is 479 g/mol. The van der Waals surface area contributed by atoms with Gasteiger partial charge in [-0.3, -0.25) is 9.89 Å².